The molecule has 152 valence electrons. The van der Waals surface area contributed by atoms with Crippen LogP contribution in [0.2, 0.25) is 0 Å². The van der Waals surface area contributed by atoms with Gasteiger partial charge in [-0.15, -0.1) is 0 Å². The van der Waals surface area contributed by atoms with Crippen molar-refractivity contribution in [2.45, 2.75) is 44.2 Å². The number of nitrogens with two attached hydrogens (primary N) is 1. The van der Waals surface area contributed by atoms with Crippen molar-refractivity contribution >= 4 is 23.6 Å². The first-order chi connectivity index (χ1) is 13.5. The van der Waals surface area contributed by atoms with E-state index in [-0.39, 0.29) is 43.0 Å². The van der Waals surface area contributed by atoms with Crippen molar-refractivity contribution in [2.75, 3.05) is 31.6 Å². The highest BCUT2D eigenvalue weighted by molar-refractivity contribution is 5.97. The van der Waals surface area contributed by atoms with Crippen LogP contribution in [0.3, 0.4) is 0 Å². The summed E-state index contributed by atoms with van der Waals surface area (Å²) in [5, 5.41) is 2.68. The second kappa shape index (κ2) is 9.05. The molecule has 1 aliphatic heterocycles. The average molecular weight is 388 g/mol. The number of nitrogens with one attached hydrogen (secondary N) is 1. The Kier molecular flexibility index (Phi) is 6.51. The molecule has 0 unspecified atom stereocenters. The van der Waals surface area contributed by atoms with Crippen molar-refractivity contribution in [3.05, 3.63) is 29.8 Å². The Hall–Kier alpha value is -2.61. The van der Waals surface area contributed by atoms with Crippen LogP contribution in [0.25, 0.3) is 0 Å². The lowest BCUT2D eigenvalue weighted by atomic mass is 9.91. The van der Waals surface area contributed by atoms with Crippen molar-refractivity contribution in [2.24, 2.45) is 5.73 Å². The highest BCUT2D eigenvalue weighted by atomic mass is 16.5. The van der Waals surface area contributed by atoms with E-state index < -0.39 is 0 Å². The lowest BCUT2D eigenvalue weighted by Gasteiger charge is -2.33. The topological polar surface area (TPSA) is 105 Å². The molecule has 8 nitrogen and oxygen atoms in total. The van der Waals surface area contributed by atoms with E-state index in [0.29, 0.717) is 18.7 Å². The van der Waals surface area contributed by atoms with Gasteiger partial charge in [-0.05, 0) is 49.9 Å². The van der Waals surface area contributed by atoms with E-state index in [1.54, 1.807) is 29.2 Å². The minimum absolute atomic E-state index is 0.0238. The summed E-state index contributed by atoms with van der Waals surface area (Å²) in [4.78, 5) is 39.8. The summed E-state index contributed by atoms with van der Waals surface area (Å²) in [5.74, 6) is -0.629. The van der Waals surface area contributed by atoms with Crippen molar-refractivity contribution in [3.63, 3.8) is 0 Å². The van der Waals surface area contributed by atoms with Crippen LogP contribution in [0.1, 0.15) is 42.5 Å². The van der Waals surface area contributed by atoms with Crippen molar-refractivity contribution in [3.8, 4) is 0 Å². The van der Waals surface area contributed by atoms with Crippen molar-refractivity contribution in [1.29, 1.82) is 0 Å². The second-order valence-electron chi connectivity index (χ2n) is 7.33. The molecule has 3 N–H and O–H groups in total. The molecule has 1 aromatic carbocycles. The van der Waals surface area contributed by atoms with Gasteiger partial charge in [-0.2, -0.15) is 0 Å². The highest BCUT2D eigenvalue weighted by Crippen LogP contribution is 2.28. The molecule has 8 heteroatoms. The van der Waals surface area contributed by atoms with E-state index in [4.69, 9.17) is 5.73 Å². The largest absolute Gasteiger partial charge is 0.469 e. The summed E-state index contributed by atoms with van der Waals surface area (Å²) in [6, 6.07) is 7.52. The molecular weight excluding hydrogens is 360 g/mol. The van der Waals surface area contributed by atoms with Crippen LogP contribution < -0.4 is 16.0 Å². The van der Waals surface area contributed by atoms with E-state index in [9.17, 15) is 14.4 Å². The van der Waals surface area contributed by atoms with E-state index in [2.05, 4.69) is 10.1 Å². The maximum Gasteiger partial charge on any atom is 0.324 e. The molecule has 1 aromatic rings. The molecule has 0 radical (unpaired) electrons. The van der Waals surface area contributed by atoms with Gasteiger partial charge in [-0.25, -0.2) is 4.79 Å². The third kappa shape index (κ3) is 4.62. The van der Waals surface area contributed by atoms with Gasteiger partial charge < -0.3 is 20.7 Å². The van der Waals surface area contributed by atoms with Crippen molar-refractivity contribution < 1.29 is 19.1 Å². The fourth-order valence-corrected chi connectivity index (χ4v) is 3.82. The molecule has 3 rings (SSSR count). The fourth-order valence-electron chi connectivity index (χ4n) is 3.82. The van der Waals surface area contributed by atoms with E-state index in [1.165, 1.54) is 7.11 Å². The summed E-state index contributed by atoms with van der Waals surface area (Å²) in [6.07, 6.45) is 3.99. The molecule has 28 heavy (non-hydrogen) atoms. The van der Waals surface area contributed by atoms with E-state index in [1.807, 2.05) is 4.90 Å². The van der Waals surface area contributed by atoms with Crippen LogP contribution in [-0.4, -0.2) is 61.6 Å². The SMILES string of the molecule is COC(=O)CCNC(=O)c1ccc(N2CCN(C3CCC(N)CC3)C2=O)cc1. The summed E-state index contributed by atoms with van der Waals surface area (Å²) >= 11 is 0. The maximum absolute atomic E-state index is 12.8. The summed E-state index contributed by atoms with van der Waals surface area (Å²) in [7, 11) is 1.31. The number of benzene rings is 1. The minimum Gasteiger partial charge on any atom is -0.469 e. The maximum atomic E-state index is 12.8. The van der Waals surface area contributed by atoms with Gasteiger partial charge in [-0.3, -0.25) is 14.5 Å². The first-order valence-corrected chi connectivity index (χ1v) is 9.78. The third-order valence-electron chi connectivity index (χ3n) is 5.51. The molecule has 2 aliphatic rings. The Morgan fingerprint density at radius 2 is 1.82 bits per heavy atom. The molecule has 1 saturated heterocycles. The number of rotatable bonds is 6. The zero-order valence-electron chi connectivity index (χ0n) is 16.2. The summed E-state index contributed by atoms with van der Waals surface area (Å²) < 4.78 is 4.54. The Morgan fingerprint density at radius 3 is 2.46 bits per heavy atom. The Balaban J connectivity index is 1.55. The van der Waals surface area contributed by atoms with Crippen LogP contribution >= 0.6 is 0 Å². The summed E-state index contributed by atoms with van der Waals surface area (Å²) in [5.41, 5.74) is 7.24. The fraction of sp³-hybridized carbons (Fsp3) is 0.550. The Morgan fingerprint density at radius 1 is 1.14 bits per heavy atom. The summed E-state index contributed by atoms with van der Waals surface area (Å²) in [6.45, 7) is 1.58. The number of ether oxygens (including phenoxy) is 1. The number of urea groups is 1. The number of carbonyl (C=O) groups is 3. The van der Waals surface area contributed by atoms with Crippen molar-refractivity contribution in [1.82, 2.24) is 10.2 Å². The second-order valence-corrected chi connectivity index (χ2v) is 7.33. The monoisotopic (exact) mass is 388 g/mol. The smallest absolute Gasteiger partial charge is 0.324 e. The first kappa shape index (κ1) is 20.1. The lowest BCUT2D eigenvalue weighted by molar-refractivity contribution is -0.140. The molecule has 1 aliphatic carbocycles. The van der Waals surface area contributed by atoms with Gasteiger partial charge in [0, 0.05) is 43.0 Å². The lowest BCUT2D eigenvalue weighted by Crippen LogP contribution is -2.43. The molecule has 2 fully saturated rings. The van der Waals surface area contributed by atoms with Gasteiger partial charge in [0.15, 0.2) is 0 Å². The average Bonchev–Trinajstić information content (AvgIpc) is 3.09. The number of nitrogens with zero attached hydrogens (tertiary/aromatic N) is 2. The third-order valence-corrected chi connectivity index (χ3v) is 5.51. The predicted octanol–water partition coefficient (Wildman–Crippen LogP) is 1.49. The van der Waals surface area contributed by atoms with Gasteiger partial charge in [0.1, 0.15) is 0 Å². The number of anilines is 1. The van der Waals surface area contributed by atoms with E-state index in [0.717, 1.165) is 31.4 Å². The first-order valence-electron chi connectivity index (χ1n) is 9.78. The molecule has 0 atom stereocenters. The molecule has 0 bridgehead atoms. The zero-order chi connectivity index (χ0) is 20.1. The highest BCUT2D eigenvalue weighted by Gasteiger charge is 2.35. The molecule has 1 heterocycles. The van der Waals surface area contributed by atoms with Crippen LogP contribution in [0.5, 0.6) is 0 Å². The Bertz CT molecular complexity index is 713. The number of esters is 1. The van der Waals surface area contributed by atoms with Gasteiger partial charge >= 0.3 is 12.0 Å². The number of hydrogen-bond donors (Lipinski definition) is 2. The zero-order valence-corrected chi connectivity index (χ0v) is 16.2. The van der Waals surface area contributed by atoms with Gasteiger partial charge in [0.05, 0.1) is 13.5 Å². The van der Waals surface area contributed by atoms with Crippen LogP contribution in [0.15, 0.2) is 24.3 Å². The van der Waals surface area contributed by atoms with Crippen LogP contribution in [-0.2, 0) is 9.53 Å². The normalized spacial score (nSPS) is 22.3. The number of methoxy groups -OCH3 is 1. The standard InChI is InChI=1S/C20H28N4O4/c1-28-18(25)10-11-22-19(26)14-2-6-16(7-3-14)23-12-13-24(20(23)27)17-8-4-15(21)5-9-17/h2-3,6-7,15,17H,4-5,8-13,21H2,1H3,(H,22,26). The Labute approximate surface area is 165 Å². The van der Waals surface area contributed by atoms with Crippen LogP contribution in [0, 0.1) is 0 Å². The van der Waals surface area contributed by atoms with Gasteiger partial charge in [0.25, 0.3) is 5.91 Å². The number of hydrogen-bond acceptors (Lipinski definition) is 5. The van der Waals surface area contributed by atoms with Crippen LogP contribution in [0.4, 0.5) is 10.5 Å². The molecule has 0 spiro atoms. The number of amides is 3. The number of carbonyl (C=O) groups excluding carboxylic acids is 3. The van der Waals surface area contributed by atoms with Gasteiger partial charge in [-0.1, -0.05) is 0 Å². The predicted molar refractivity (Wildman–Crippen MR) is 105 cm³/mol. The molecule has 3 amide bonds. The van der Waals surface area contributed by atoms with Gasteiger partial charge in [0.2, 0.25) is 0 Å². The molecule has 1 saturated carbocycles. The quantitative estimate of drug-likeness (QED) is 0.719. The minimum atomic E-state index is -0.368. The molecular formula is C20H28N4O4. The molecule has 0 aromatic heterocycles. The van der Waals surface area contributed by atoms with E-state index >= 15 is 0 Å².